The van der Waals surface area contributed by atoms with Gasteiger partial charge in [-0.25, -0.2) is 4.98 Å². The van der Waals surface area contributed by atoms with E-state index in [1.165, 1.54) is 6.39 Å². The summed E-state index contributed by atoms with van der Waals surface area (Å²) in [5, 5.41) is 3.01. The number of carbonyl (C=O) groups is 1. The van der Waals surface area contributed by atoms with Crippen molar-refractivity contribution in [1.29, 1.82) is 0 Å². The van der Waals surface area contributed by atoms with Gasteiger partial charge in [0.1, 0.15) is 0 Å². The molecule has 1 N–H and O–H groups in total. The van der Waals surface area contributed by atoms with Crippen LogP contribution in [0.2, 0.25) is 0 Å². The highest BCUT2D eigenvalue weighted by Crippen LogP contribution is 2.36. The monoisotopic (exact) mass is 222 g/mol. The number of rotatable bonds is 2. The van der Waals surface area contributed by atoms with Crippen LogP contribution in [0.4, 0.5) is 0 Å². The van der Waals surface area contributed by atoms with Crippen molar-refractivity contribution in [2.45, 2.75) is 46.1 Å². The van der Waals surface area contributed by atoms with Crippen LogP contribution in [0.5, 0.6) is 0 Å². The molecule has 1 unspecified atom stereocenters. The van der Waals surface area contributed by atoms with E-state index in [4.69, 9.17) is 4.42 Å². The third kappa shape index (κ3) is 2.26. The molecule has 1 aromatic heterocycles. The third-order valence-corrected chi connectivity index (χ3v) is 3.26. The summed E-state index contributed by atoms with van der Waals surface area (Å²) in [5.41, 5.74) is 0.990. The van der Waals surface area contributed by atoms with Crippen molar-refractivity contribution in [1.82, 2.24) is 10.3 Å². The van der Waals surface area contributed by atoms with Crippen molar-refractivity contribution in [3.8, 4) is 0 Å². The van der Waals surface area contributed by atoms with Crippen LogP contribution in [0, 0.1) is 12.3 Å². The highest BCUT2D eigenvalue weighted by atomic mass is 16.3. The van der Waals surface area contributed by atoms with E-state index >= 15 is 0 Å². The number of hydrogen-bond donors (Lipinski definition) is 1. The van der Waals surface area contributed by atoms with Gasteiger partial charge < -0.3 is 9.73 Å². The lowest BCUT2D eigenvalue weighted by molar-refractivity contribution is 0.0907. The molecule has 1 amide bonds. The Morgan fingerprint density at radius 2 is 2.38 bits per heavy atom. The van der Waals surface area contributed by atoms with E-state index in [9.17, 15) is 4.79 Å². The van der Waals surface area contributed by atoms with E-state index in [2.05, 4.69) is 24.1 Å². The van der Waals surface area contributed by atoms with Gasteiger partial charge in [-0.15, -0.1) is 0 Å². The molecule has 1 atom stereocenters. The Labute approximate surface area is 95.4 Å². The van der Waals surface area contributed by atoms with E-state index in [1.54, 1.807) is 6.92 Å². The summed E-state index contributed by atoms with van der Waals surface area (Å²) in [6.45, 7) is 6.24. The Hall–Kier alpha value is -1.32. The lowest BCUT2D eigenvalue weighted by Crippen LogP contribution is -2.33. The summed E-state index contributed by atoms with van der Waals surface area (Å²) < 4.78 is 5.07. The van der Waals surface area contributed by atoms with Crippen LogP contribution in [-0.2, 0) is 0 Å². The van der Waals surface area contributed by atoms with Crippen LogP contribution in [0.15, 0.2) is 10.8 Å². The molecule has 1 aliphatic rings. The maximum absolute atomic E-state index is 11.8. The van der Waals surface area contributed by atoms with Gasteiger partial charge in [-0.2, -0.15) is 0 Å². The molecule has 88 valence electrons. The number of nitrogens with one attached hydrogen (secondary N) is 1. The fourth-order valence-corrected chi connectivity index (χ4v) is 2.33. The number of hydrogen-bond acceptors (Lipinski definition) is 3. The lowest BCUT2D eigenvalue weighted by atomic mass is 9.92. The molecule has 16 heavy (non-hydrogen) atoms. The smallest absolute Gasteiger partial charge is 0.289 e. The van der Waals surface area contributed by atoms with Gasteiger partial charge in [0, 0.05) is 6.04 Å². The number of aryl methyl sites for hydroxylation is 1. The molecular weight excluding hydrogens is 204 g/mol. The molecule has 1 heterocycles. The molecule has 1 fully saturated rings. The van der Waals surface area contributed by atoms with E-state index in [0.29, 0.717) is 16.9 Å². The second-order valence-corrected chi connectivity index (χ2v) is 5.34. The lowest BCUT2D eigenvalue weighted by Gasteiger charge is -2.17. The number of amides is 1. The first-order chi connectivity index (χ1) is 7.48. The maximum atomic E-state index is 11.8. The van der Waals surface area contributed by atoms with Crippen molar-refractivity contribution in [3.63, 3.8) is 0 Å². The minimum atomic E-state index is -0.141. The SMILES string of the molecule is Cc1ncoc1C(=O)NC1CCC(C)(C)C1. The molecular formula is C12H18N2O2. The first-order valence-electron chi connectivity index (χ1n) is 5.69. The van der Waals surface area contributed by atoms with E-state index in [0.717, 1.165) is 19.3 Å². The molecule has 2 rings (SSSR count). The summed E-state index contributed by atoms with van der Waals surface area (Å²) in [7, 11) is 0. The highest BCUT2D eigenvalue weighted by molar-refractivity contribution is 5.92. The highest BCUT2D eigenvalue weighted by Gasteiger charge is 2.32. The Morgan fingerprint density at radius 1 is 1.62 bits per heavy atom. The van der Waals surface area contributed by atoms with Crippen LogP contribution in [0.3, 0.4) is 0 Å². The van der Waals surface area contributed by atoms with Crippen molar-refractivity contribution in [2.24, 2.45) is 5.41 Å². The largest absolute Gasteiger partial charge is 0.438 e. The average Bonchev–Trinajstić information content (AvgIpc) is 2.72. The Kier molecular flexibility index (Phi) is 2.74. The van der Waals surface area contributed by atoms with Crippen LogP contribution in [-0.4, -0.2) is 16.9 Å². The molecule has 0 aliphatic heterocycles. The van der Waals surface area contributed by atoms with Gasteiger partial charge in [0.05, 0.1) is 5.69 Å². The number of carbonyl (C=O) groups excluding carboxylic acids is 1. The van der Waals surface area contributed by atoms with Crippen molar-refractivity contribution < 1.29 is 9.21 Å². The van der Waals surface area contributed by atoms with Crippen molar-refractivity contribution in [2.75, 3.05) is 0 Å². The van der Waals surface area contributed by atoms with Crippen molar-refractivity contribution in [3.05, 3.63) is 17.8 Å². The van der Waals surface area contributed by atoms with Gasteiger partial charge in [0.15, 0.2) is 6.39 Å². The zero-order valence-electron chi connectivity index (χ0n) is 10.0. The molecule has 0 aromatic carbocycles. The van der Waals surface area contributed by atoms with E-state index in [1.807, 2.05) is 0 Å². The van der Waals surface area contributed by atoms with Crippen LogP contribution in [0.1, 0.15) is 49.4 Å². The molecule has 0 radical (unpaired) electrons. The number of nitrogens with zero attached hydrogens (tertiary/aromatic N) is 1. The topological polar surface area (TPSA) is 55.1 Å². The summed E-state index contributed by atoms with van der Waals surface area (Å²) in [6, 6.07) is 0.270. The van der Waals surface area contributed by atoms with E-state index in [-0.39, 0.29) is 11.9 Å². The summed E-state index contributed by atoms with van der Waals surface area (Å²) in [4.78, 5) is 15.8. The van der Waals surface area contributed by atoms with Crippen LogP contribution in [0.25, 0.3) is 0 Å². The fourth-order valence-electron chi connectivity index (χ4n) is 2.33. The average molecular weight is 222 g/mol. The second kappa shape index (κ2) is 3.92. The first kappa shape index (κ1) is 11.2. The van der Waals surface area contributed by atoms with Gasteiger partial charge in [0.25, 0.3) is 5.91 Å². The van der Waals surface area contributed by atoms with Gasteiger partial charge in [-0.3, -0.25) is 4.79 Å². The van der Waals surface area contributed by atoms with Gasteiger partial charge in [-0.1, -0.05) is 13.8 Å². The van der Waals surface area contributed by atoms with Crippen molar-refractivity contribution >= 4 is 5.91 Å². The molecule has 1 saturated carbocycles. The first-order valence-corrected chi connectivity index (χ1v) is 5.69. The standard InChI is InChI=1S/C12H18N2O2/c1-8-10(16-7-13-8)11(15)14-9-4-5-12(2,3)6-9/h7,9H,4-6H2,1-3H3,(H,14,15). The van der Waals surface area contributed by atoms with Crippen LogP contribution < -0.4 is 5.32 Å². The molecule has 4 nitrogen and oxygen atoms in total. The van der Waals surface area contributed by atoms with Gasteiger partial charge in [0.2, 0.25) is 5.76 Å². The Bertz CT molecular complexity index is 395. The Balaban J connectivity index is 1.97. The number of aromatic nitrogens is 1. The van der Waals surface area contributed by atoms with E-state index < -0.39 is 0 Å². The molecule has 0 saturated heterocycles. The zero-order valence-corrected chi connectivity index (χ0v) is 10.0. The minimum Gasteiger partial charge on any atom is -0.438 e. The summed E-state index contributed by atoms with van der Waals surface area (Å²) >= 11 is 0. The van der Waals surface area contributed by atoms with Gasteiger partial charge >= 0.3 is 0 Å². The Morgan fingerprint density at radius 3 is 2.88 bits per heavy atom. The molecule has 4 heteroatoms. The quantitative estimate of drug-likeness (QED) is 0.835. The maximum Gasteiger partial charge on any atom is 0.289 e. The van der Waals surface area contributed by atoms with Crippen LogP contribution >= 0.6 is 0 Å². The van der Waals surface area contributed by atoms with Gasteiger partial charge in [-0.05, 0) is 31.6 Å². The molecule has 0 bridgehead atoms. The zero-order chi connectivity index (χ0) is 11.8. The molecule has 0 spiro atoms. The molecule has 1 aromatic rings. The summed E-state index contributed by atoms with van der Waals surface area (Å²) in [6.07, 6.45) is 4.55. The fraction of sp³-hybridized carbons (Fsp3) is 0.667. The number of oxazole rings is 1. The third-order valence-electron chi connectivity index (χ3n) is 3.26. The predicted molar refractivity (Wildman–Crippen MR) is 60.1 cm³/mol. The minimum absolute atomic E-state index is 0.141. The molecule has 1 aliphatic carbocycles. The predicted octanol–water partition coefficient (Wildman–Crippen LogP) is 2.29. The second-order valence-electron chi connectivity index (χ2n) is 5.34. The summed E-state index contributed by atoms with van der Waals surface area (Å²) in [5.74, 6) is 0.197. The normalized spacial score (nSPS) is 23.3.